The Kier molecular flexibility index (Phi) is 8.02. The van der Waals surface area contributed by atoms with Crippen molar-refractivity contribution in [3.63, 3.8) is 0 Å². The molecule has 1 heterocycles. The molecule has 0 spiro atoms. The van der Waals surface area contributed by atoms with Gasteiger partial charge in [-0.15, -0.1) is 0 Å². The highest BCUT2D eigenvalue weighted by Crippen LogP contribution is 2.36. The van der Waals surface area contributed by atoms with Crippen molar-refractivity contribution in [2.45, 2.75) is 20.0 Å². The van der Waals surface area contributed by atoms with Crippen molar-refractivity contribution in [3.8, 4) is 11.5 Å². The van der Waals surface area contributed by atoms with Crippen molar-refractivity contribution in [1.29, 1.82) is 0 Å². The van der Waals surface area contributed by atoms with Crippen molar-refractivity contribution in [1.82, 2.24) is 10.3 Å². The largest absolute Gasteiger partial charge is 1.00 e. The lowest BCUT2D eigenvalue weighted by molar-refractivity contribution is -0.00000506. The molecule has 0 saturated heterocycles. The number of hydrogen-bond donors (Lipinski definition) is 1. The van der Waals surface area contributed by atoms with Gasteiger partial charge in [-0.1, -0.05) is 11.6 Å². The van der Waals surface area contributed by atoms with E-state index in [0.717, 1.165) is 12.1 Å². The Bertz CT molecular complexity index is 580. The van der Waals surface area contributed by atoms with Crippen molar-refractivity contribution in [2.24, 2.45) is 0 Å². The van der Waals surface area contributed by atoms with E-state index in [4.69, 9.17) is 21.1 Å². The van der Waals surface area contributed by atoms with Crippen molar-refractivity contribution < 1.29 is 21.9 Å². The van der Waals surface area contributed by atoms with Crippen LogP contribution in [0.5, 0.6) is 11.5 Å². The van der Waals surface area contributed by atoms with E-state index in [9.17, 15) is 0 Å². The third-order valence-electron chi connectivity index (χ3n) is 2.98. The van der Waals surface area contributed by atoms with Crippen LogP contribution >= 0.6 is 11.6 Å². The van der Waals surface area contributed by atoms with Crippen LogP contribution in [-0.2, 0) is 13.1 Å². The number of halogens is 2. The summed E-state index contributed by atoms with van der Waals surface area (Å²) >= 11 is 6.23. The van der Waals surface area contributed by atoms with Gasteiger partial charge in [0.1, 0.15) is 0 Å². The number of hydrogen-bond acceptors (Lipinski definition) is 4. The van der Waals surface area contributed by atoms with Gasteiger partial charge in [0.15, 0.2) is 11.5 Å². The Morgan fingerprint density at radius 1 is 1.14 bits per heavy atom. The topological polar surface area (TPSA) is 43.4 Å². The molecule has 2 aromatic rings. The summed E-state index contributed by atoms with van der Waals surface area (Å²) in [6.07, 6.45) is 3.57. The molecule has 0 aliphatic heterocycles. The number of methoxy groups -OCH3 is 1. The molecule has 1 N–H and O–H groups in total. The second-order valence-corrected chi connectivity index (χ2v) is 4.91. The first-order valence-corrected chi connectivity index (χ1v) is 7.21. The fourth-order valence-corrected chi connectivity index (χ4v) is 2.35. The molecular weight excluding hydrogens is 323 g/mol. The van der Waals surface area contributed by atoms with Gasteiger partial charge in [-0.05, 0) is 42.3 Å². The molecule has 120 valence electrons. The number of aromatic nitrogens is 1. The Labute approximate surface area is 142 Å². The second-order valence-electron chi connectivity index (χ2n) is 4.50. The summed E-state index contributed by atoms with van der Waals surface area (Å²) in [4.78, 5) is 4.00. The highest BCUT2D eigenvalue weighted by atomic mass is 35.5. The molecule has 6 heteroatoms. The molecule has 22 heavy (non-hydrogen) atoms. The fraction of sp³-hybridized carbons (Fsp3) is 0.312. The molecule has 0 fully saturated rings. The first-order chi connectivity index (χ1) is 10.2. The Morgan fingerprint density at radius 3 is 2.45 bits per heavy atom. The van der Waals surface area contributed by atoms with Crippen LogP contribution in [0.15, 0.2) is 36.7 Å². The fourth-order valence-electron chi connectivity index (χ4n) is 2.04. The van der Waals surface area contributed by atoms with Crippen LogP contribution in [0.25, 0.3) is 0 Å². The summed E-state index contributed by atoms with van der Waals surface area (Å²) in [7, 11) is 1.59. The number of rotatable bonds is 7. The molecule has 0 atom stereocenters. The third-order valence-corrected chi connectivity index (χ3v) is 3.26. The maximum absolute atomic E-state index is 6.23. The first-order valence-electron chi connectivity index (χ1n) is 6.83. The standard InChI is InChI=1S/C16H19ClN2O2.ClH/c1-3-21-15-9-13(8-14(17)16(15)20-2)11-19-10-12-4-6-18-7-5-12;/h4-9,19H,3,10-11H2,1-2H3;1H/p-1. The molecule has 0 radical (unpaired) electrons. The van der Waals surface area contributed by atoms with Gasteiger partial charge < -0.3 is 27.2 Å². The van der Waals surface area contributed by atoms with Gasteiger partial charge in [-0.25, -0.2) is 0 Å². The monoisotopic (exact) mass is 341 g/mol. The number of pyridine rings is 1. The van der Waals surface area contributed by atoms with Gasteiger partial charge in [0, 0.05) is 25.5 Å². The number of benzene rings is 1. The lowest BCUT2D eigenvalue weighted by Gasteiger charge is -2.13. The van der Waals surface area contributed by atoms with Gasteiger partial charge in [-0.2, -0.15) is 0 Å². The third kappa shape index (κ3) is 5.05. The molecule has 1 aromatic heterocycles. The normalized spacial score (nSPS) is 9.95. The van der Waals surface area contributed by atoms with Gasteiger partial charge in [0.2, 0.25) is 0 Å². The average Bonchev–Trinajstić information content (AvgIpc) is 2.48. The summed E-state index contributed by atoms with van der Waals surface area (Å²) in [5.74, 6) is 1.25. The van der Waals surface area contributed by atoms with Gasteiger partial charge in [-0.3, -0.25) is 4.98 Å². The SMILES string of the molecule is CCOc1cc(CNCc2ccncc2)cc(Cl)c1OC.[Cl-]. The Hall–Kier alpha value is -1.49. The van der Waals surface area contributed by atoms with E-state index >= 15 is 0 Å². The first kappa shape index (κ1) is 18.6. The molecule has 0 saturated carbocycles. The van der Waals surface area contributed by atoms with Gasteiger partial charge in [0.25, 0.3) is 0 Å². The second kappa shape index (κ2) is 9.51. The zero-order chi connectivity index (χ0) is 15.1. The zero-order valence-corrected chi connectivity index (χ0v) is 14.1. The van der Waals surface area contributed by atoms with Crippen LogP contribution in [0.3, 0.4) is 0 Å². The summed E-state index contributed by atoms with van der Waals surface area (Å²) in [5.41, 5.74) is 2.24. The van der Waals surface area contributed by atoms with Crippen LogP contribution in [0, 0.1) is 0 Å². The smallest absolute Gasteiger partial charge is 0.179 e. The summed E-state index contributed by atoms with van der Waals surface area (Å²) in [5, 5.41) is 3.93. The number of ether oxygens (including phenoxy) is 2. The molecule has 2 rings (SSSR count). The summed E-state index contributed by atoms with van der Waals surface area (Å²) < 4.78 is 10.8. The lowest BCUT2D eigenvalue weighted by atomic mass is 10.2. The highest BCUT2D eigenvalue weighted by molar-refractivity contribution is 6.32. The van der Waals surface area contributed by atoms with E-state index in [1.165, 1.54) is 5.56 Å². The molecule has 0 bridgehead atoms. The van der Waals surface area contributed by atoms with E-state index < -0.39 is 0 Å². The molecule has 0 aliphatic rings. The molecular formula is C16H19Cl2N2O2-. The van der Waals surface area contributed by atoms with Crippen molar-refractivity contribution in [2.75, 3.05) is 13.7 Å². The quantitative estimate of drug-likeness (QED) is 0.793. The Morgan fingerprint density at radius 2 is 1.82 bits per heavy atom. The molecule has 4 nitrogen and oxygen atoms in total. The minimum absolute atomic E-state index is 0. The van der Waals surface area contributed by atoms with Crippen LogP contribution in [0.1, 0.15) is 18.1 Å². The lowest BCUT2D eigenvalue weighted by Crippen LogP contribution is -3.00. The van der Waals surface area contributed by atoms with E-state index in [1.807, 2.05) is 31.2 Å². The zero-order valence-electron chi connectivity index (χ0n) is 12.6. The van der Waals surface area contributed by atoms with E-state index in [0.29, 0.717) is 29.7 Å². The molecule has 0 amide bonds. The average molecular weight is 342 g/mol. The molecule has 0 aliphatic carbocycles. The van der Waals surface area contributed by atoms with Crippen LogP contribution in [0.2, 0.25) is 5.02 Å². The predicted octanol–water partition coefficient (Wildman–Crippen LogP) is 0.436. The Balaban J connectivity index is 0.00000242. The summed E-state index contributed by atoms with van der Waals surface area (Å²) in [6.45, 7) is 3.98. The molecule has 0 unspecified atom stereocenters. The van der Waals surface area contributed by atoms with Crippen molar-refractivity contribution in [3.05, 3.63) is 52.8 Å². The van der Waals surface area contributed by atoms with Gasteiger partial charge in [0.05, 0.1) is 18.7 Å². The maximum Gasteiger partial charge on any atom is 0.179 e. The highest BCUT2D eigenvalue weighted by Gasteiger charge is 2.11. The minimum Gasteiger partial charge on any atom is -1.00 e. The van der Waals surface area contributed by atoms with E-state index in [2.05, 4.69) is 10.3 Å². The van der Waals surface area contributed by atoms with Crippen LogP contribution in [0.4, 0.5) is 0 Å². The van der Waals surface area contributed by atoms with E-state index in [-0.39, 0.29) is 12.4 Å². The van der Waals surface area contributed by atoms with E-state index in [1.54, 1.807) is 19.5 Å². The van der Waals surface area contributed by atoms with Gasteiger partial charge >= 0.3 is 0 Å². The number of nitrogens with one attached hydrogen (secondary N) is 1. The summed E-state index contributed by atoms with van der Waals surface area (Å²) in [6, 6.07) is 7.81. The van der Waals surface area contributed by atoms with Crippen molar-refractivity contribution >= 4 is 11.6 Å². The minimum atomic E-state index is 0. The van der Waals surface area contributed by atoms with Crippen LogP contribution in [-0.4, -0.2) is 18.7 Å². The maximum atomic E-state index is 6.23. The predicted molar refractivity (Wildman–Crippen MR) is 84.0 cm³/mol. The molecule has 1 aromatic carbocycles. The van der Waals surface area contributed by atoms with Crippen LogP contribution < -0.4 is 27.2 Å². The number of nitrogens with zero attached hydrogens (tertiary/aromatic N) is 1.